The Kier molecular flexibility index (Phi) is 4.29. The number of pyridine rings is 1. The van der Waals surface area contributed by atoms with Gasteiger partial charge in [-0.2, -0.15) is 0 Å². The molecule has 0 bridgehead atoms. The van der Waals surface area contributed by atoms with Crippen LogP contribution < -0.4 is 4.72 Å². The first-order chi connectivity index (χ1) is 9.79. The largest absolute Gasteiger partial charge is 0.478 e. The molecule has 0 saturated carbocycles. The highest BCUT2D eigenvalue weighted by Gasteiger charge is 2.20. The molecule has 0 aliphatic rings. The van der Waals surface area contributed by atoms with Gasteiger partial charge in [-0.25, -0.2) is 18.2 Å². The van der Waals surface area contributed by atoms with Gasteiger partial charge in [0.1, 0.15) is 10.7 Å². The first-order valence-electron chi connectivity index (χ1n) is 5.78. The van der Waals surface area contributed by atoms with Gasteiger partial charge in [-0.15, -0.1) is 0 Å². The second kappa shape index (κ2) is 5.82. The van der Waals surface area contributed by atoms with Crippen LogP contribution in [0.25, 0.3) is 0 Å². The molecule has 2 aromatic rings. The van der Waals surface area contributed by atoms with E-state index in [1.54, 1.807) is 19.1 Å². The van der Waals surface area contributed by atoms with Crippen LogP contribution in [-0.2, 0) is 10.0 Å². The van der Waals surface area contributed by atoms with Gasteiger partial charge >= 0.3 is 5.97 Å². The van der Waals surface area contributed by atoms with Crippen LogP contribution in [0.3, 0.4) is 0 Å². The second-order valence-corrected chi connectivity index (χ2v) is 6.78. The Morgan fingerprint density at radius 1 is 1.29 bits per heavy atom. The van der Waals surface area contributed by atoms with Crippen LogP contribution in [0.2, 0.25) is 0 Å². The van der Waals surface area contributed by atoms with Crippen molar-refractivity contribution < 1.29 is 18.3 Å². The minimum atomic E-state index is -3.94. The molecular weight excluding hydrogens is 360 g/mol. The summed E-state index contributed by atoms with van der Waals surface area (Å²) in [5.41, 5.74) is 0.733. The maximum atomic E-state index is 12.3. The Morgan fingerprint density at radius 2 is 2.00 bits per heavy atom. The number of benzene rings is 1. The Hall–Kier alpha value is -1.93. The molecule has 0 atom stereocenters. The van der Waals surface area contributed by atoms with Crippen molar-refractivity contribution in [3.63, 3.8) is 0 Å². The number of nitrogens with zero attached hydrogens (tertiary/aromatic N) is 1. The summed E-state index contributed by atoms with van der Waals surface area (Å²) in [6.45, 7) is 1.81. The topological polar surface area (TPSA) is 96.4 Å². The van der Waals surface area contributed by atoms with E-state index in [2.05, 4.69) is 25.6 Å². The van der Waals surface area contributed by atoms with E-state index in [1.165, 1.54) is 18.3 Å². The van der Waals surface area contributed by atoms with Crippen LogP contribution in [0.15, 0.2) is 45.9 Å². The average molecular weight is 371 g/mol. The molecule has 6 nitrogen and oxygen atoms in total. The number of sulfonamides is 1. The Balaban J connectivity index is 2.44. The predicted octanol–water partition coefficient (Wildman–Crippen LogP) is 2.65. The van der Waals surface area contributed by atoms with Gasteiger partial charge in [0.2, 0.25) is 0 Å². The lowest BCUT2D eigenvalue weighted by Crippen LogP contribution is -2.15. The van der Waals surface area contributed by atoms with Crippen LogP contribution in [0.4, 0.5) is 5.82 Å². The van der Waals surface area contributed by atoms with Crippen LogP contribution in [0, 0.1) is 6.92 Å². The van der Waals surface area contributed by atoms with E-state index in [0.717, 1.165) is 11.6 Å². The van der Waals surface area contributed by atoms with Gasteiger partial charge in [0.25, 0.3) is 10.0 Å². The number of aromatic nitrogens is 1. The number of aromatic carboxylic acids is 1. The van der Waals surface area contributed by atoms with E-state index in [4.69, 9.17) is 5.11 Å². The van der Waals surface area contributed by atoms with Gasteiger partial charge in [-0.3, -0.25) is 4.72 Å². The zero-order chi connectivity index (χ0) is 15.6. The smallest absolute Gasteiger partial charge is 0.335 e. The van der Waals surface area contributed by atoms with Crippen molar-refractivity contribution in [1.82, 2.24) is 4.98 Å². The zero-order valence-corrected chi connectivity index (χ0v) is 13.3. The van der Waals surface area contributed by atoms with Crippen molar-refractivity contribution in [2.75, 3.05) is 4.72 Å². The van der Waals surface area contributed by atoms with Gasteiger partial charge in [-0.05, 0) is 58.7 Å². The van der Waals surface area contributed by atoms with Gasteiger partial charge in [0.15, 0.2) is 0 Å². The summed E-state index contributed by atoms with van der Waals surface area (Å²) < 4.78 is 27.3. The third-order valence-corrected chi connectivity index (χ3v) is 4.97. The minimum Gasteiger partial charge on any atom is -0.478 e. The molecule has 1 heterocycles. The Morgan fingerprint density at radius 3 is 2.62 bits per heavy atom. The number of rotatable bonds is 4. The molecule has 0 saturated heterocycles. The van der Waals surface area contributed by atoms with Crippen molar-refractivity contribution in [1.29, 1.82) is 0 Å². The lowest BCUT2D eigenvalue weighted by molar-refractivity contribution is 0.0696. The molecule has 21 heavy (non-hydrogen) atoms. The molecule has 0 aliphatic heterocycles. The molecule has 0 amide bonds. The summed E-state index contributed by atoms with van der Waals surface area (Å²) in [4.78, 5) is 14.7. The summed E-state index contributed by atoms with van der Waals surface area (Å²) in [7, 11) is -3.94. The molecule has 0 fully saturated rings. The second-order valence-electron chi connectivity index (χ2n) is 4.27. The molecule has 1 aromatic heterocycles. The summed E-state index contributed by atoms with van der Waals surface area (Å²) in [6.07, 6.45) is 1.48. The number of anilines is 1. The van der Waals surface area contributed by atoms with Crippen molar-refractivity contribution >= 4 is 37.7 Å². The van der Waals surface area contributed by atoms with E-state index in [0.29, 0.717) is 0 Å². The fourth-order valence-corrected chi connectivity index (χ4v) is 3.62. The van der Waals surface area contributed by atoms with Crippen molar-refractivity contribution in [3.8, 4) is 0 Å². The number of hydrogen-bond acceptors (Lipinski definition) is 4. The number of carboxylic acids is 1. The number of nitrogens with one attached hydrogen (secondary N) is 1. The minimum absolute atomic E-state index is 0.115. The fourth-order valence-electron chi connectivity index (χ4n) is 1.63. The summed E-state index contributed by atoms with van der Waals surface area (Å²) in [5.74, 6) is -1.03. The quantitative estimate of drug-likeness (QED) is 0.862. The van der Waals surface area contributed by atoms with Gasteiger partial charge in [0.05, 0.1) is 5.56 Å². The Labute approximate surface area is 130 Å². The zero-order valence-electron chi connectivity index (χ0n) is 10.9. The van der Waals surface area contributed by atoms with Gasteiger partial charge in [-0.1, -0.05) is 0 Å². The van der Waals surface area contributed by atoms with E-state index in [9.17, 15) is 13.2 Å². The monoisotopic (exact) mass is 370 g/mol. The highest BCUT2D eigenvalue weighted by atomic mass is 79.9. The predicted molar refractivity (Wildman–Crippen MR) is 80.9 cm³/mol. The van der Waals surface area contributed by atoms with Crippen LogP contribution >= 0.6 is 15.9 Å². The number of aryl methyl sites for hydroxylation is 1. The number of carboxylic acid groups (broad SMARTS) is 1. The lowest BCUT2D eigenvalue weighted by Gasteiger charge is -2.10. The molecule has 8 heteroatoms. The summed E-state index contributed by atoms with van der Waals surface area (Å²) >= 11 is 3.11. The molecule has 2 N–H and O–H groups in total. The highest BCUT2D eigenvalue weighted by molar-refractivity contribution is 9.10. The summed E-state index contributed by atoms with van der Waals surface area (Å²) in [6, 6.07) is 7.09. The molecule has 1 aromatic carbocycles. The molecule has 0 radical (unpaired) electrons. The first-order valence-corrected chi connectivity index (χ1v) is 8.05. The SMILES string of the molecule is Cc1ccnc(NS(=O)(=O)c2cc(C(=O)O)ccc2Br)c1. The average Bonchev–Trinajstić information content (AvgIpc) is 2.38. The maximum absolute atomic E-state index is 12.3. The first kappa shape index (κ1) is 15.5. The van der Waals surface area contributed by atoms with Crippen LogP contribution in [0.1, 0.15) is 15.9 Å². The number of carbonyl (C=O) groups is 1. The third kappa shape index (κ3) is 3.59. The Bertz CT molecular complexity index is 806. The lowest BCUT2D eigenvalue weighted by atomic mass is 10.2. The normalized spacial score (nSPS) is 11.1. The molecule has 0 unspecified atom stereocenters. The standard InChI is InChI=1S/C13H11BrN2O4S/c1-8-4-5-15-12(6-8)16-21(19,20)11-7-9(13(17)18)2-3-10(11)14/h2-7H,1H3,(H,15,16)(H,17,18). The van der Waals surface area contributed by atoms with Crippen molar-refractivity contribution in [2.45, 2.75) is 11.8 Å². The molecule has 0 aliphatic carbocycles. The van der Waals surface area contributed by atoms with E-state index < -0.39 is 16.0 Å². The van der Waals surface area contributed by atoms with E-state index in [-0.39, 0.29) is 20.7 Å². The number of halogens is 1. The maximum Gasteiger partial charge on any atom is 0.335 e. The third-order valence-electron chi connectivity index (χ3n) is 2.62. The van der Waals surface area contributed by atoms with Crippen molar-refractivity contribution in [3.05, 3.63) is 52.1 Å². The molecule has 2 rings (SSSR count). The van der Waals surface area contributed by atoms with E-state index in [1.807, 2.05) is 0 Å². The van der Waals surface area contributed by atoms with Crippen LogP contribution in [0.5, 0.6) is 0 Å². The van der Waals surface area contributed by atoms with Crippen molar-refractivity contribution in [2.24, 2.45) is 0 Å². The summed E-state index contributed by atoms with van der Waals surface area (Å²) in [5, 5.41) is 8.95. The van der Waals surface area contributed by atoms with Crippen LogP contribution in [-0.4, -0.2) is 24.5 Å². The number of hydrogen-bond donors (Lipinski definition) is 2. The van der Waals surface area contributed by atoms with Gasteiger partial charge < -0.3 is 5.11 Å². The molecular formula is C13H11BrN2O4S. The molecule has 0 spiro atoms. The van der Waals surface area contributed by atoms with Gasteiger partial charge in [0, 0.05) is 10.7 Å². The fraction of sp³-hybridized carbons (Fsp3) is 0.0769. The van der Waals surface area contributed by atoms with E-state index >= 15 is 0 Å². The highest BCUT2D eigenvalue weighted by Crippen LogP contribution is 2.25. The molecule has 110 valence electrons.